The molecule has 2 aliphatic heterocycles. The van der Waals surface area contributed by atoms with Gasteiger partial charge in [0, 0.05) is 30.7 Å². The van der Waals surface area contributed by atoms with Crippen LogP contribution in [-0.2, 0) is 10.2 Å². The quantitative estimate of drug-likeness (QED) is 0.746. The van der Waals surface area contributed by atoms with Gasteiger partial charge >= 0.3 is 6.03 Å². The van der Waals surface area contributed by atoms with Crippen molar-refractivity contribution in [3.8, 4) is 11.5 Å². The Morgan fingerprint density at radius 2 is 1.81 bits per heavy atom. The summed E-state index contributed by atoms with van der Waals surface area (Å²) >= 11 is 0. The summed E-state index contributed by atoms with van der Waals surface area (Å²) in [7, 11) is 0. The van der Waals surface area contributed by atoms with Gasteiger partial charge in [-0.1, -0.05) is 38.1 Å². The van der Waals surface area contributed by atoms with E-state index in [2.05, 4.69) is 24.5 Å². The second kappa shape index (κ2) is 9.51. The minimum absolute atomic E-state index is 0.0368. The van der Waals surface area contributed by atoms with Crippen LogP contribution in [0.4, 0.5) is 10.5 Å². The molecule has 4 rings (SSSR count). The number of nitrogens with zero attached hydrogens (tertiary/aromatic N) is 1. The van der Waals surface area contributed by atoms with Crippen molar-refractivity contribution in [1.29, 1.82) is 0 Å². The number of para-hydroxylation sites is 1. The summed E-state index contributed by atoms with van der Waals surface area (Å²) in [5.74, 6) is 1.26. The number of anilines is 1. The number of carbonyl (C=O) groups is 2. The molecule has 0 aromatic heterocycles. The van der Waals surface area contributed by atoms with Crippen LogP contribution in [-0.4, -0.2) is 49.7 Å². The van der Waals surface area contributed by atoms with Gasteiger partial charge in [-0.2, -0.15) is 0 Å². The summed E-state index contributed by atoms with van der Waals surface area (Å²) in [4.78, 5) is 27.3. The van der Waals surface area contributed by atoms with Crippen LogP contribution in [0.15, 0.2) is 48.5 Å². The molecule has 1 unspecified atom stereocenters. The number of rotatable bonds is 5. The third-order valence-corrected chi connectivity index (χ3v) is 6.13. The average Bonchev–Trinajstić information content (AvgIpc) is 2.83. The lowest BCUT2D eigenvalue weighted by atomic mass is 9.84. The van der Waals surface area contributed by atoms with Gasteiger partial charge in [0.15, 0.2) is 11.5 Å². The number of carbonyl (C=O) groups excluding carboxylic acids is 2. The normalized spacial score (nSPS) is 18.1. The molecule has 0 radical (unpaired) electrons. The maximum absolute atomic E-state index is 12.9. The molecule has 3 amide bonds. The van der Waals surface area contributed by atoms with Gasteiger partial charge in [0.25, 0.3) is 0 Å². The highest BCUT2D eigenvalue weighted by molar-refractivity contribution is 5.93. The number of amides is 3. The fraction of sp³-hybridized carbons (Fsp3) is 0.440. The second-order valence-corrected chi connectivity index (χ2v) is 9.04. The van der Waals surface area contributed by atoms with Crippen LogP contribution >= 0.6 is 0 Å². The summed E-state index contributed by atoms with van der Waals surface area (Å²) in [5.41, 5.74) is 1.56. The van der Waals surface area contributed by atoms with E-state index < -0.39 is 0 Å². The first-order valence-electron chi connectivity index (χ1n) is 11.2. The van der Waals surface area contributed by atoms with Gasteiger partial charge in [0.05, 0.1) is 5.92 Å². The predicted molar refractivity (Wildman–Crippen MR) is 123 cm³/mol. The molecular weight excluding hydrogens is 406 g/mol. The number of urea groups is 1. The summed E-state index contributed by atoms with van der Waals surface area (Å²) in [6.45, 7) is 6.84. The summed E-state index contributed by atoms with van der Waals surface area (Å²) in [6, 6.07) is 15.2. The van der Waals surface area contributed by atoms with Gasteiger partial charge in [-0.15, -0.1) is 0 Å². The fourth-order valence-electron chi connectivity index (χ4n) is 4.12. The van der Waals surface area contributed by atoms with E-state index in [4.69, 9.17) is 9.47 Å². The zero-order chi connectivity index (χ0) is 22.6. The van der Waals surface area contributed by atoms with Crippen LogP contribution in [0, 0.1) is 5.92 Å². The summed E-state index contributed by atoms with van der Waals surface area (Å²) in [5, 5.41) is 6.02. The van der Waals surface area contributed by atoms with Crippen LogP contribution in [0.25, 0.3) is 0 Å². The molecule has 0 saturated carbocycles. The van der Waals surface area contributed by atoms with E-state index in [0.29, 0.717) is 32.8 Å². The number of fused-ring (bicyclic) bond motifs is 1. The fourth-order valence-corrected chi connectivity index (χ4v) is 4.12. The molecule has 2 aliphatic rings. The summed E-state index contributed by atoms with van der Waals surface area (Å²) in [6.07, 6.45) is 1.59. The number of nitrogens with one attached hydrogen (secondary N) is 2. The van der Waals surface area contributed by atoms with E-state index in [9.17, 15) is 9.59 Å². The lowest BCUT2D eigenvalue weighted by molar-refractivity contribution is -0.121. The highest BCUT2D eigenvalue weighted by atomic mass is 16.6. The third kappa shape index (κ3) is 5.15. The zero-order valence-electron chi connectivity index (χ0n) is 18.7. The lowest BCUT2D eigenvalue weighted by Crippen LogP contribution is -2.50. The Morgan fingerprint density at radius 1 is 1.06 bits per heavy atom. The minimum atomic E-state index is -0.286. The zero-order valence-corrected chi connectivity index (χ0v) is 18.7. The van der Waals surface area contributed by atoms with E-state index in [1.807, 2.05) is 48.5 Å². The molecule has 1 fully saturated rings. The largest absolute Gasteiger partial charge is 0.486 e. The lowest BCUT2D eigenvalue weighted by Gasteiger charge is -2.34. The first kappa shape index (κ1) is 22.0. The molecule has 1 saturated heterocycles. The van der Waals surface area contributed by atoms with Crippen LogP contribution in [0.2, 0.25) is 0 Å². The standard InChI is InChI=1S/C25H31N3O4/c1-25(2,19-10-11-21-22(15-19)32-14-13-31-21)17-26-24(30)28-12-6-7-18(16-28)23(29)27-20-8-4-3-5-9-20/h3-5,8-11,15,18H,6-7,12-14,16-17H2,1-2H3,(H,26,30)(H,27,29). The number of hydrogen-bond acceptors (Lipinski definition) is 4. The Labute approximate surface area is 189 Å². The molecular formula is C25H31N3O4. The van der Waals surface area contributed by atoms with Crippen molar-refractivity contribution < 1.29 is 19.1 Å². The third-order valence-electron chi connectivity index (χ3n) is 6.13. The number of likely N-dealkylation sites (tertiary alicyclic amines) is 1. The highest BCUT2D eigenvalue weighted by Crippen LogP contribution is 2.35. The van der Waals surface area contributed by atoms with E-state index >= 15 is 0 Å². The first-order chi connectivity index (χ1) is 15.4. The van der Waals surface area contributed by atoms with Crippen molar-refractivity contribution in [2.24, 2.45) is 5.92 Å². The Balaban J connectivity index is 1.32. The maximum atomic E-state index is 12.9. The molecule has 1 atom stereocenters. The topological polar surface area (TPSA) is 79.9 Å². The minimum Gasteiger partial charge on any atom is -0.486 e. The number of benzene rings is 2. The van der Waals surface area contributed by atoms with Crippen molar-refractivity contribution >= 4 is 17.6 Å². The van der Waals surface area contributed by atoms with Gasteiger partial charge in [0.1, 0.15) is 13.2 Å². The Morgan fingerprint density at radius 3 is 2.59 bits per heavy atom. The molecule has 2 heterocycles. The van der Waals surface area contributed by atoms with E-state index in [1.165, 1.54) is 0 Å². The first-order valence-corrected chi connectivity index (χ1v) is 11.2. The van der Waals surface area contributed by atoms with Gasteiger partial charge in [0.2, 0.25) is 5.91 Å². The molecule has 0 bridgehead atoms. The molecule has 170 valence electrons. The molecule has 0 aliphatic carbocycles. The SMILES string of the molecule is CC(C)(CNC(=O)N1CCCC(C(=O)Nc2ccccc2)C1)c1ccc2c(c1)OCCO2. The van der Waals surface area contributed by atoms with Crippen molar-refractivity contribution in [2.45, 2.75) is 32.1 Å². The summed E-state index contributed by atoms with van der Waals surface area (Å²) < 4.78 is 11.3. The Bertz CT molecular complexity index is 961. The number of hydrogen-bond donors (Lipinski definition) is 2. The van der Waals surface area contributed by atoms with Crippen molar-refractivity contribution in [2.75, 3.05) is 38.2 Å². The number of ether oxygens (including phenoxy) is 2. The molecule has 2 aromatic rings. The van der Waals surface area contributed by atoms with Crippen LogP contribution < -0.4 is 20.1 Å². The molecule has 7 nitrogen and oxygen atoms in total. The second-order valence-electron chi connectivity index (χ2n) is 9.04. The van der Waals surface area contributed by atoms with E-state index in [1.54, 1.807) is 4.90 Å². The van der Waals surface area contributed by atoms with Crippen molar-refractivity contribution in [3.05, 3.63) is 54.1 Å². The van der Waals surface area contributed by atoms with Crippen LogP contribution in [0.1, 0.15) is 32.3 Å². The van der Waals surface area contributed by atoms with E-state index in [-0.39, 0.29) is 23.3 Å². The molecule has 0 spiro atoms. The van der Waals surface area contributed by atoms with Crippen molar-refractivity contribution in [3.63, 3.8) is 0 Å². The van der Waals surface area contributed by atoms with Crippen molar-refractivity contribution in [1.82, 2.24) is 10.2 Å². The Kier molecular flexibility index (Phi) is 6.53. The van der Waals surface area contributed by atoms with Crippen LogP contribution in [0.3, 0.4) is 0 Å². The molecule has 7 heteroatoms. The van der Waals surface area contributed by atoms with E-state index in [0.717, 1.165) is 35.6 Å². The molecule has 2 aromatic carbocycles. The average molecular weight is 438 g/mol. The van der Waals surface area contributed by atoms with Gasteiger partial charge < -0.3 is 25.0 Å². The predicted octanol–water partition coefficient (Wildman–Crippen LogP) is 3.80. The maximum Gasteiger partial charge on any atom is 0.317 e. The number of piperidine rings is 1. The van der Waals surface area contributed by atoms with Gasteiger partial charge in [-0.05, 0) is 42.7 Å². The smallest absolute Gasteiger partial charge is 0.317 e. The monoisotopic (exact) mass is 437 g/mol. The Hall–Kier alpha value is -3.22. The molecule has 2 N–H and O–H groups in total. The van der Waals surface area contributed by atoms with Gasteiger partial charge in [-0.3, -0.25) is 4.79 Å². The van der Waals surface area contributed by atoms with Gasteiger partial charge in [-0.25, -0.2) is 4.79 Å². The highest BCUT2D eigenvalue weighted by Gasteiger charge is 2.30. The van der Waals surface area contributed by atoms with Crippen LogP contribution in [0.5, 0.6) is 11.5 Å². The molecule has 32 heavy (non-hydrogen) atoms.